The van der Waals surface area contributed by atoms with E-state index in [-0.39, 0.29) is 0 Å². The summed E-state index contributed by atoms with van der Waals surface area (Å²) < 4.78 is 7.80. The molecular weight excluding hydrogens is 262 g/mol. The van der Waals surface area contributed by atoms with Crippen LogP contribution in [-0.2, 0) is 7.05 Å². The second-order valence-corrected chi connectivity index (χ2v) is 5.89. The van der Waals surface area contributed by atoms with E-state index in [1.54, 1.807) is 0 Å². The van der Waals surface area contributed by atoms with E-state index in [4.69, 9.17) is 4.74 Å². The highest BCUT2D eigenvalue weighted by Crippen LogP contribution is 2.24. The quantitative estimate of drug-likeness (QED) is 0.764. The predicted molar refractivity (Wildman–Crippen MR) is 85.7 cm³/mol. The summed E-state index contributed by atoms with van der Waals surface area (Å²) in [4.78, 5) is 2.61. The fourth-order valence-corrected chi connectivity index (χ4v) is 3.38. The molecule has 21 heavy (non-hydrogen) atoms. The van der Waals surface area contributed by atoms with Gasteiger partial charge in [-0.05, 0) is 44.4 Å². The molecule has 0 N–H and O–H groups in total. The van der Waals surface area contributed by atoms with Gasteiger partial charge in [0.25, 0.3) is 0 Å². The van der Waals surface area contributed by atoms with Crippen LogP contribution in [0.2, 0.25) is 0 Å². The number of likely N-dealkylation sites (tertiary alicyclic amines) is 1. The van der Waals surface area contributed by atoms with Crippen molar-refractivity contribution in [1.29, 1.82) is 0 Å². The molecule has 1 aliphatic heterocycles. The summed E-state index contributed by atoms with van der Waals surface area (Å²) in [5.74, 6) is 0.765. The molecule has 4 nitrogen and oxygen atoms in total. The number of nitrogens with zero attached hydrogens (tertiary/aromatic N) is 3. The number of hydrogen-bond acceptors (Lipinski definition) is 3. The van der Waals surface area contributed by atoms with Gasteiger partial charge in [0.05, 0.1) is 17.5 Å². The molecule has 1 aromatic heterocycles. The molecule has 0 bridgehead atoms. The fraction of sp³-hybridized carbons (Fsp3) is 0.588. The van der Waals surface area contributed by atoms with Gasteiger partial charge >= 0.3 is 0 Å². The average molecular weight is 287 g/mol. The van der Waals surface area contributed by atoms with Gasteiger partial charge in [-0.25, -0.2) is 0 Å². The maximum atomic E-state index is 5.91. The van der Waals surface area contributed by atoms with E-state index in [1.165, 1.54) is 25.8 Å². The lowest BCUT2D eigenvalue weighted by atomic mass is 10.2. The van der Waals surface area contributed by atoms with Crippen LogP contribution in [0, 0.1) is 0 Å². The Hall–Kier alpha value is -1.55. The van der Waals surface area contributed by atoms with Crippen molar-refractivity contribution in [3.63, 3.8) is 0 Å². The van der Waals surface area contributed by atoms with Crippen molar-refractivity contribution in [3.05, 3.63) is 24.3 Å². The molecule has 3 rings (SSSR count). The highest BCUT2D eigenvalue weighted by atomic mass is 16.5. The molecule has 1 saturated heterocycles. The largest absolute Gasteiger partial charge is 0.476 e. The van der Waals surface area contributed by atoms with Gasteiger partial charge in [-0.3, -0.25) is 4.68 Å². The zero-order chi connectivity index (χ0) is 14.7. The Balaban J connectivity index is 1.53. The fourth-order valence-electron chi connectivity index (χ4n) is 3.38. The number of aromatic nitrogens is 2. The maximum absolute atomic E-state index is 5.91. The second kappa shape index (κ2) is 6.48. The Bertz CT molecular complexity index is 593. The standard InChI is InChI=1S/C17H25N3O/c1-3-14-8-6-11-20(14)12-7-13-21-17-15-9-4-5-10-16(15)19(2)18-17/h4-5,9-10,14H,3,6-8,11-13H2,1-2H3/t14-/m1/s1. The Morgan fingerprint density at radius 2 is 2.19 bits per heavy atom. The van der Waals surface area contributed by atoms with Crippen molar-refractivity contribution in [2.24, 2.45) is 7.05 Å². The van der Waals surface area contributed by atoms with Crippen LogP contribution < -0.4 is 4.74 Å². The summed E-state index contributed by atoms with van der Waals surface area (Å²) in [5, 5.41) is 5.58. The highest BCUT2D eigenvalue weighted by Gasteiger charge is 2.21. The van der Waals surface area contributed by atoms with Gasteiger partial charge in [0.1, 0.15) is 0 Å². The first kappa shape index (κ1) is 14.4. The number of para-hydroxylation sites is 1. The Kier molecular flexibility index (Phi) is 4.44. The second-order valence-electron chi connectivity index (χ2n) is 5.89. The monoisotopic (exact) mass is 287 g/mol. The average Bonchev–Trinajstić information content (AvgIpc) is 3.09. The van der Waals surface area contributed by atoms with Crippen LogP contribution in [0.4, 0.5) is 0 Å². The van der Waals surface area contributed by atoms with E-state index >= 15 is 0 Å². The number of ether oxygens (including phenoxy) is 1. The first-order chi connectivity index (χ1) is 10.3. The molecule has 0 spiro atoms. The molecule has 0 radical (unpaired) electrons. The zero-order valence-corrected chi connectivity index (χ0v) is 13.1. The van der Waals surface area contributed by atoms with Gasteiger partial charge in [-0.15, -0.1) is 5.10 Å². The Morgan fingerprint density at radius 3 is 3.05 bits per heavy atom. The number of benzene rings is 1. The first-order valence-corrected chi connectivity index (χ1v) is 8.08. The van der Waals surface area contributed by atoms with Crippen molar-refractivity contribution >= 4 is 10.9 Å². The van der Waals surface area contributed by atoms with E-state index in [9.17, 15) is 0 Å². The molecule has 2 aromatic rings. The van der Waals surface area contributed by atoms with Crippen LogP contribution in [-0.4, -0.2) is 40.4 Å². The minimum absolute atomic E-state index is 0.744. The van der Waals surface area contributed by atoms with Gasteiger partial charge in [-0.1, -0.05) is 19.1 Å². The third-order valence-electron chi connectivity index (χ3n) is 4.52. The van der Waals surface area contributed by atoms with Gasteiger partial charge < -0.3 is 9.64 Å². The van der Waals surface area contributed by atoms with E-state index in [1.807, 2.05) is 23.9 Å². The summed E-state index contributed by atoms with van der Waals surface area (Å²) >= 11 is 0. The van der Waals surface area contributed by atoms with Crippen molar-refractivity contribution in [2.75, 3.05) is 19.7 Å². The molecule has 4 heteroatoms. The van der Waals surface area contributed by atoms with E-state index in [2.05, 4.69) is 29.1 Å². The summed E-state index contributed by atoms with van der Waals surface area (Å²) in [7, 11) is 1.96. The third-order valence-corrected chi connectivity index (χ3v) is 4.52. The third kappa shape index (κ3) is 3.05. The van der Waals surface area contributed by atoms with E-state index in [0.717, 1.165) is 42.4 Å². The van der Waals surface area contributed by atoms with Crippen LogP contribution >= 0.6 is 0 Å². The molecule has 114 valence electrons. The predicted octanol–water partition coefficient (Wildman–Crippen LogP) is 3.22. The number of aryl methyl sites for hydroxylation is 1. The molecule has 0 unspecified atom stereocenters. The van der Waals surface area contributed by atoms with E-state index in [0.29, 0.717) is 0 Å². The molecule has 2 heterocycles. The topological polar surface area (TPSA) is 30.3 Å². The lowest BCUT2D eigenvalue weighted by Gasteiger charge is -2.22. The van der Waals surface area contributed by atoms with E-state index < -0.39 is 0 Å². The van der Waals surface area contributed by atoms with Gasteiger partial charge in [0, 0.05) is 19.6 Å². The summed E-state index contributed by atoms with van der Waals surface area (Å²) in [6, 6.07) is 9.01. The molecule has 0 saturated carbocycles. The van der Waals surface area contributed by atoms with Crippen molar-refractivity contribution in [2.45, 2.75) is 38.6 Å². The van der Waals surface area contributed by atoms with Crippen LogP contribution in [0.15, 0.2) is 24.3 Å². The smallest absolute Gasteiger partial charge is 0.240 e. The SMILES string of the molecule is CC[C@@H]1CCCN1CCCOc1nn(C)c2ccccc12. The van der Waals surface area contributed by atoms with Crippen molar-refractivity contribution < 1.29 is 4.74 Å². The zero-order valence-electron chi connectivity index (χ0n) is 13.1. The number of rotatable bonds is 6. The molecule has 0 amide bonds. The Morgan fingerprint density at radius 1 is 1.33 bits per heavy atom. The summed E-state index contributed by atoms with van der Waals surface area (Å²) in [6.45, 7) is 5.43. The summed E-state index contributed by atoms with van der Waals surface area (Å²) in [5.41, 5.74) is 1.12. The summed E-state index contributed by atoms with van der Waals surface area (Å²) in [6.07, 6.45) is 5.06. The lowest BCUT2D eigenvalue weighted by molar-refractivity contribution is 0.215. The van der Waals surface area contributed by atoms with Crippen LogP contribution in [0.5, 0.6) is 5.88 Å². The highest BCUT2D eigenvalue weighted by molar-refractivity contribution is 5.84. The van der Waals surface area contributed by atoms with Gasteiger partial charge in [-0.2, -0.15) is 0 Å². The molecular formula is C17H25N3O. The van der Waals surface area contributed by atoms with Gasteiger partial charge in [0.2, 0.25) is 5.88 Å². The molecule has 1 aliphatic rings. The van der Waals surface area contributed by atoms with Gasteiger partial charge in [0.15, 0.2) is 0 Å². The maximum Gasteiger partial charge on any atom is 0.240 e. The molecule has 0 aliphatic carbocycles. The normalized spacial score (nSPS) is 19.4. The first-order valence-electron chi connectivity index (χ1n) is 8.08. The minimum Gasteiger partial charge on any atom is -0.476 e. The van der Waals surface area contributed by atoms with Crippen molar-refractivity contribution in [3.8, 4) is 5.88 Å². The lowest BCUT2D eigenvalue weighted by Crippen LogP contribution is -2.30. The Labute approximate surface area is 126 Å². The van der Waals surface area contributed by atoms with Crippen LogP contribution in [0.1, 0.15) is 32.6 Å². The van der Waals surface area contributed by atoms with Crippen molar-refractivity contribution in [1.82, 2.24) is 14.7 Å². The molecule has 1 fully saturated rings. The van der Waals surface area contributed by atoms with Crippen LogP contribution in [0.25, 0.3) is 10.9 Å². The molecule has 1 atom stereocenters. The van der Waals surface area contributed by atoms with Crippen LogP contribution in [0.3, 0.4) is 0 Å². The number of fused-ring (bicyclic) bond motifs is 1. The number of hydrogen-bond donors (Lipinski definition) is 0. The minimum atomic E-state index is 0.744. The molecule has 1 aromatic carbocycles.